The Morgan fingerprint density at radius 3 is 2.42 bits per heavy atom. The van der Waals surface area contributed by atoms with Crippen LogP contribution in [0.15, 0.2) is 0 Å². The summed E-state index contributed by atoms with van der Waals surface area (Å²) in [5.74, 6) is -1.17. The van der Waals surface area contributed by atoms with Crippen molar-refractivity contribution in [3.05, 3.63) is 0 Å². The van der Waals surface area contributed by atoms with E-state index in [-0.39, 0.29) is 6.04 Å². The van der Waals surface area contributed by atoms with Gasteiger partial charge in [0.15, 0.2) is 9.84 Å². The number of carbonyl (C=O) groups is 1. The molecule has 0 aromatic rings. The summed E-state index contributed by atoms with van der Waals surface area (Å²) in [4.78, 5) is 11.3. The van der Waals surface area contributed by atoms with E-state index in [0.717, 1.165) is 38.6 Å². The fourth-order valence-corrected chi connectivity index (χ4v) is 4.63. The minimum absolute atomic E-state index is 0.0417. The van der Waals surface area contributed by atoms with Crippen molar-refractivity contribution >= 4 is 15.8 Å². The third kappa shape index (κ3) is 5.10. The zero-order chi connectivity index (χ0) is 14.3. The molecule has 1 N–H and O–H groups in total. The molecule has 2 atom stereocenters. The molecular formula is C13H25NO4S. The topological polar surface area (TPSA) is 72.5 Å². The zero-order valence-electron chi connectivity index (χ0n) is 11.9. The molecule has 1 saturated carbocycles. The average molecular weight is 291 g/mol. The first-order valence-electron chi connectivity index (χ1n) is 7.03. The standard InChI is InChI=1S/C13H25NO4S/c1-3-14-11-8-6-4-5-7-9-12(11)19(16,17)10-13(15)18-2/h11-12,14H,3-10H2,1-2H3. The highest BCUT2D eigenvalue weighted by molar-refractivity contribution is 7.92. The first-order valence-corrected chi connectivity index (χ1v) is 8.74. The molecule has 1 aliphatic carbocycles. The summed E-state index contributed by atoms with van der Waals surface area (Å²) in [5, 5.41) is 2.80. The number of hydrogen-bond donors (Lipinski definition) is 1. The zero-order valence-corrected chi connectivity index (χ0v) is 12.7. The second-order valence-electron chi connectivity index (χ2n) is 5.08. The van der Waals surface area contributed by atoms with E-state index in [0.29, 0.717) is 6.42 Å². The molecule has 1 aliphatic rings. The lowest BCUT2D eigenvalue weighted by Crippen LogP contribution is -2.46. The lowest BCUT2D eigenvalue weighted by atomic mass is 9.96. The van der Waals surface area contributed by atoms with Crippen LogP contribution in [0.3, 0.4) is 0 Å². The van der Waals surface area contributed by atoms with Crippen molar-refractivity contribution in [2.45, 2.75) is 56.7 Å². The lowest BCUT2D eigenvalue weighted by molar-refractivity contribution is -0.137. The number of methoxy groups -OCH3 is 1. The predicted molar refractivity (Wildman–Crippen MR) is 74.8 cm³/mol. The van der Waals surface area contributed by atoms with Crippen molar-refractivity contribution in [2.75, 3.05) is 19.4 Å². The molecule has 0 amide bonds. The Morgan fingerprint density at radius 2 is 1.84 bits per heavy atom. The molecule has 0 aromatic heterocycles. The molecule has 6 heteroatoms. The van der Waals surface area contributed by atoms with E-state index >= 15 is 0 Å². The van der Waals surface area contributed by atoms with E-state index in [4.69, 9.17) is 0 Å². The summed E-state index contributed by atoms with van der Waals surface area (Å²) in [6, 6.07) is -0.0417. The Bertz CT molecular complexity index is 380. The molecule has 5 nitrogen and oxygen atoms in total. The van der Waals surface area contributed by atoms with E-state index in [1.165, 1.54) is 7.11 Å². The van der Waals surface area contributed by atoms with Crippen LogP contribution in [0, 0.1) is 0 Å². The predicted octanol–water partition coefficient (Wildman–Crippen LogP) is 1.28. The fraction of sp³-hybridized carbons (Fsp3) is 0.923. The van der Waals surface area contributed by atoms with Crippen LogP contribution in [0.5, 0.6) is 0 Å². The Kier molecular flexibility index (Phi) is 6.79. The Morgan fingerprint density at radius 1 is 1.21 bits per heavy atom. The van der Waals surface area contributed by atoms with Crippen molar-refractivity contribution in [1.82, 2.24) is 5.32 Å². The monoisotopic (exact) mass is 291 g/mol. The summed E-state index contributed by atoms with van der Waals surface area (Å²) < 4.78 is 29.2. The van der Waals surface area contributed by atoms with Gasteiger partial charge >= 0.3 is 5.97 Å². The van der Waals surface area contributed by atoms with E-state index in [1.54, 1.807) is 0 Å². The Labute approximate surface area is 116 Å². The maximum atomic E-state index is 12.4. The van der Waals surface area contributed by atoms with Crippen LogP contribution in [0.25, 0.3) is 0 Å². The normalized spacial score (nSPS) is 25.4. The molecule has 1 rings (SSSR count). The van der Waals surface area contributed by atoms with E-state index in [2.05, 4.69) is 10.1 Å². The SMILES string of the molecule is CCNC1CCCCCCC1S(=O)(=O)CC(=O)OC. The number of rotatable bonds is 5. The van der Waals surface area contributed by atoms with E-state index < -0.39 is 26.8 Å². The van der Waals surface area contributed by atoms with Gasteiger partial charge < -0.3 is 10.1 Å². The Hall–Kier alpha value is -0.620. The van der Waals surface area contributed by atoms with Crippen LogP contribution < -0.4 is 5.32 Å². The van der Waals surface area contributed by atoms with Crippen LogP contribution in [-0.4, -0.2) is 45.1 Å². The fourth-order valence-electron chi connectivity index (χ4n) is 2.71. The highest BCUT2D eigenvalue weighted by Gasteiger charge is 2.34. The van der Waals surface area contributed by atoms with E-state index in [1.807, 2.05) is 6.92 Å². The summed E-state index contributed by atoms with van der Waals surface area (Å²) in [6.45, 7) is 2.72. The molecule has 1 fully saturated rings. The molecular weight excluding hydrogens is 266 g/mol. The number of esters is 1. The van der Waals surface area contributed by atoms with Crippen molar-refractivity contribution in [3.8, 4) is 0 Å². The van der Waals surface area contributed by atoms with Gasteiger partial charge in [0.05, 0.1) is 12.4 Å². The second kappa shape index (κ2) is 7.85. The number of hydrogen-bond acceptors (Lipinski definition) is 5. The van der Waals surface area contributed by atoms with Gasteiger partial charge in [0, 0.05) is 6.04 Å². The minimum Gasteiger partial charge on any atom is -0.468 e. The maximum absolute atomic E-state index is 12.4. The first-order chi connectivity index (χ1) is 9.01. The minimum atomic E-state index is -3.44. The molecule has 0 aromatic carbocycles. The van der Waals surface area contributed by atoms with Gasteiger partial charge in [0.25, 0.3) is 0 Å². The van der Waals surface area contributed by atoms with Gasteiger partial charge in [-0.15, -0.1) is 0 Å². The average Bonchev–Trinajstić information content (AvgIpc) is 2.31. The highest BCUT2D eigenvalue weighted by atomic mass is 32.2. The third-order valence-electron chi connectivity index (χ3n) is 3.68. The van der Waals surface area contributed by atoms with Crippen LogP contribution in [0.1, 0.15) is 45.4 Å². The van der Waals surface area contributed by atoms with Crippen LogP contribution in [0.2, 0.25) is 0 Å². The first kappa shape index (κ1) is 16.4. The molecule has 0 spiro atoms. The largest absolute Gasteiger partial charge is 0.468 e. The highest BCUT2D eigenvalue weighted by Crippen LogP contribution is 2.23. The maximum Gasteiger partial charge on any atom is 0.320 e. The van der Waals surface area contributed by atoms with Crippen molar-refractivity contribution in [3.63, 3.8) is 0 Å². The second-order valence-corrected chi connectivity index (χ2v) is 7.30. The molecule has 0 heterocycles. The molecule has 0 aliphatic heterocycles. The summed E-state index contributed by atoms with van der Waals surface area (Å²) in [6.07, 6.45) is 5.68. The van der Waals surface area contributed by atoms with Gasteiger partial charge in [0.1, 0.15) is 5.75 Å². The quantitative estimate of drug-likeness (QED) is 0.772. The molecule has 0 bridgehead atoms. The van der Waals surface area contributed by atoms with Gasteiger partial charge in [0.2, 0.25) is 0 Å². The Balaban J connectivity index is 2.84. The summed E-state index contributed by atoms with van der Waals surface area (Å²) in [7, 11) is -2.22. The lowest BCUT2D eigenvalue weighted by Gasteiger charge is -2.29. The van der Waals surface area contributed by atoms with Gasteiger partial charge in [-0.3, -0.25) is 4.79 Å². The van der Waals surface area contributed by atoms with Crippen LogP contribution in [0.4, 0.5) is 0 Å². The molecule has 112 valence electrons. The molecule has 0 saturated heterocycles. The molecule has 2 unspecified atom stereocenters. The molecule has 0 radical (unpaired) electrons. The van der Waals surface area contributed by atoms with Gasteiger partial charge in [-0.1, -0.05) is 32.6 Å². The smallest absolute Gasteiger partial charge is 0.320 e. The third-order valence-corrected chi connectivity index (χ3v) is 5.80. The summed E-state index contributed by atoms with van der Waals surface area (Å²) in [5.41, 5.74) is 0. The van der Waals surface area contributed by atoms with Crippen molar-refractivity contribution in [1.29, 1.82) is 0 Å². The summed E-state index contributed by atoms with van der Waals surface area (Å²) >= 11 is 0. The van der Waals surface area contributed by atoms with Gasteiger partial charge in [-0.05, 0) is 19.4 Å². The van der Waals surface area contributed by atoms with Gasteiger partial charge in [-0.25, -0.2) is 8.42 Å². The van der Waals surface area contributed by atoms with Crippen molar-refractivity contribution in [2.24, 2.45) is 0 Å². The number of carbonyl (C=O) groups excluding carboxylic acids is 1. The van der Waals surface area contributed by atoms with Crippen LogP contribution in [-0.2, 0) is 19.4 Å². The number of nitrogens with one attached hydrogen (secondary N) is 1. The van der Waals surface area contributed by atoms with E-state index in [9.17, 15) is 13.2 Å². The van der Waals surface area contributed by atoms with Crippen LogP contribution >= 0.6 is 0 Å². The molecule has 19 heavy (non-hydrogen) atoms. The van der Waals surface area contributed by atoms with Gasteiger partial charge in [-0.2, -0.15) is 0 Å². The number of ether oxygens (including phenoxy) is 1. The van der Waals surface area contributed by atoms with Crippen molar-refractivity contribution < 1.29 is 17.9 Å². The number of sulfone groups is 1.